The first-order valence-electron chi connectivity index (χ1n) is 5.43. The fourth-order valence-corrected chi connectivity index (χ4v) is 2.02. The molecule has 2 aromatic carbocycles. The molecular weight excluding hydrogens is 264 g/mol. The molecule has 0 aliphatic rings. The van der Waals surface area contributed by atoms with E-state index in [9.17, 15) is 0 Å². The van der Waals surface area contributed by atoms with Gasteiger partial charge in [0.05, 0.1) is 5.69 Å². The van der Waals surface area contributed by atoms with Crippen molar-refractivity contribution in [3.63, 3.8) is 0 Å². The molecule has 0 spiro atoms. The van der Waals surface area contributed by atoms with Gasteiger partial charge in [0.2, 0.25) is 0 Å². The third kappa shape index (κ3) is 3.28. The summed E-state index contributed by atoms with van der Waals surface area (Å²) in [7, 11) is 0. The lowest BCUT2D eigenvalue weighted by molar-refractivity contribution is 1.41. The van der Waals surface area contributed by atoms with E-state index < -0.39 is 0 Å². The first-order valence-corrected chi connectivity index (χ1v) is 7.03. The molecule has 0 atom stereocenters. The minimum atomic E-state index is 0.505. The van der Waals surface area contributed by atoms with Crippen LogP contribution in [0.25, 0.3) is 0 Å². The zero-order chi connectivity index (χ0) is 13.0. The van der Waals surface area contributed by atoms with Crippen molar-refractivity contribution in [3.05, 3.63) is 59.1 Å². The number of nitrogens with two attached hydrogens (primary N) is 1. The summed E-state index contributed by atoms with van der Waals surface area (Å²) in [5.74, 6) is 0.505. The van der Waals surface area contributed by atoms with Crippen molar-refractivity contribution in [1.29, 1.82) is 0 Å². The summed E-state index contributed by atoms with van der Waals surface area (Å²) < 4.78 is 0. The Morgan fingerprint density at radius 3 is 2.22 bits per heavy atom. The number of rotatable bonds is 3. The van der Waals surface area contributed by atoms with Crippen LogP contribution in [0.2, 0.25) is 5.02 Å². The maximum atomic E-state index is 5.97. The molecule has 0 heterocycles. The van der Waals surface area contributed by atoms with Crippen molar-refractivity contribution in [2.24, 2.45) is 10.7 Å². The highest BCUT2D eigenvalue weighted by Crippen LogP contribution is 2.18. The largest absolute Gasteiger partial charge is 0.383 e. The Labute approximate surface area is 116 Å². The van der Waals surface area contributed by atoms with Gasteiger partial charge in [-0.15, -0.1) is 11.8 Å². The molecule has 0 unspecified atom stereocenters. The van der Waals surface area contributed by atoms with Crippen molar-refractivity contribution >= 4 is 34.9 Å². The van der Waals surface area contributed by atoms with Crippen molar-refractivity contribution in [2.45, 2.75) is 4.90 Å². The van der Waals surface area contributed by atoms with Crippen LogP contribution < -0.4 is 5.73 Å². The van der Waals surface area contributed by atoms with E-state index in [4.69, 9.17) is 17.3 Å². The molecule has 0 bridgehead atoms. The molecule has 2 aromatic rings. The zero-order valence-corrected chi connectivity index (χ0v) is 11.5. The predicted molar refractivity (Wildman–Crippen MR) is 80.1 cm³/mol. The minimum absolute atomic E-state index is 0.505. The zero-order valence-electron chi connectivity index (χ0n) is 9.93. The van der Waals surface area contributed by atoms with Crippen LogP contribution in [0.3, 0.4) is 0 Å². The van der Waals surface area contributed by atoms with Gasteiger partial charge in [-0.05, 0) is 42.7 Å². The molecule has 0 saturated heterocycles. The number of nitrogens with zero attached hydrogens (tertiary/aromatic N) is 1. The summed E-state index contributed by atoms with van der Waals surface area (Å²) in [5.41, 5.74) is 7.68. The monoisotopic (exact) mass is 276 g/mol. The number of benzene rings is 2. The number of hydrogen-bond acceptors (Lipinski definition) is 2. The van der Waals surface area contributed by atoms with Gasteiger partial charge in [0, 0.05) is 15.5 Å². The number of halogens is 1. The van der Waals surface area contributed by atoms with Crippen LogP contribution in [0, 0.1) is 0 Å². The highest BCUT2D eigenvalue weighted by Gasteiger charge is 1.99. The van der Waals surface area contributed by atoms with Crippen molar-refractivity contribution < 1.29 is 0 Å². The first kappa shape index (κ1) is 13.0. The quantitative estimate of drug-likeness (QED) is 0.521. The average Bonchev–Trinajstić information content (AvgIpc) is 2.41. The SMILES string of the molecule is CSc1ccc(C(N)=Nc2ccc(Cl)cc2)cc1. The molecule has 2 N–H and O–H groups in total. The molecule has 0 fully saturated rings. The predicted octanol–water partition coefficient (Wildman–Crippen LogP) is 4.10. The number of amidine groups is 1. The van der Waals surface area contributed by atoms with Crippen LogP contribution in [-0.4, -0.2) is 12.1 Å². The number of aliphatic imine (C=N–C) groups is 1. The van der Waals surface area contributed by atoms with Crippen LogP contribution in [0.4, 0.5) is 5.69 Å². The molecule has 2 nitrogen and oxygen atoms in total. The van der Waals surface area contributed by atoms with Gasteiger partial charge >= 0.3 is 0 Å². The van der Waals surface area contributed by atoms with Gasteiger partial charge in [0.15, 0.2) is 0 Å². The highest BCUT2D eigenvalue weighted by atomic mass is 35.5. The topological polar surface area (TPSA) is 38.4 Å². The van der Waals surface area contributed by atoms with Crippen LogP contribution in [-0.2, 0) is 0 Å². The summed E-state index contributed by atoms with van der Waals surface area (Å²) in [6.07, 6.45) is 2.04. The van der Waals surface area contributed by atoms with Crippen LogP contribution in [0.5, 0.6) is 0 Å². The molecule has 0 saturated carbocycles. The second-order valence-corrected chi connectivity index (χ2v) is 5.02. The molecule has 92 valence electrons. The number of thioether (sulfide) groups is 1. The molecule has 0 radical (unpaired) electrons. The van der Waals surface area contributed by atoms with Crippen molar-refractivity contribution in [3.8, 4) is 0 Å². The smallest absolute Gasteiger partial charge is 0.131 e. The Morgan fingerprint density at radius 2 is 1.67 bits per heavy atom. The molecule has 0 aliphatic heterocycles. The second kappa shape index (κ2) is 5.94. The van der Waals surface area contributed by atoms with E-state index in [1.165, 1.54) is 4.90 Å². The van der Waals surface area contributed by atoms with E-state index in [1.807, 2.05) is 42.7 Å². The Kier molecular flexibility index (Phi) is 4.28. The van der Waals surface area contributed by atoms with Gasteiger partial charge in [-0.25, -0.2) is 4.99 Å². The van der Waals surface area contributed by atoms with E-state index in [2.05, 4.69) is 4.99 Å². The Morgan fingerprint density at radius 1 is 1.06 bits per heavy atom. The van der Waals surface area contributed by atoms with Gasteiger partial charge < -0.3 is 5.73 Å². The van der Waals surface area contributed by atoms with Crippen molar-refractivity contribution in [2.75, 3.05) is 6.26 Å². The summed E-state index contributed by atoms with van der Waals surface area (Å²) in [5, 5.41) is 0.692. The lowest BCUT2D eigenvalue weighted by Gasteiger charge is -2.02. The van der Waals surface area contributed by atoms with Gasteiger partial charge in [-0.3, -0.25) is 0 Å². The number of hydrogen-bond donors (Lipinski definition) is 1. The molecule has 4 heteroatoms. The third-order valence-corrected chi connectivity index (χ3v) is 3.46. The van der Waals surface area contributed by atoms with Crippen LogP contribution >= 0.6 is 23.4 Å². The van der Waals surface area contributed by atoms with E-state index in [-0.39, 0.29) is 0 Å². The summed E-state index contributed by atoms with van der Waals surface area (Å²) in [4.78, 5) is 5.56. The van der Waals surface area contributed by atoms with E-state index in [0.29, 0.717) is 10.9 Å². The third-order valence-electron chi connectivity index (χ3n) is 2.46. The summed E-state index contributed by atoms with van der Waals surface area (Å²) in [6, 6.07) is 15.3. The fourth-order valence-electron chi connectivity index (χ4n) is 1.48. The van der Waals surface area contributed by atoms with Crippen molar-refractivity contribution in [1.82, 2.24) is 0 Å². The van der Waals surface area contributed by atoms with Gasteiger partial charge in [0.1, 0.15) is 5.84 Å². The van der Waals surface area contributed by atoms with E-state index in [1.54, 1.807) is 23.9 Å². The minimum Gasteiger partial charge on any atom is -0.383 e. The van der Waals surface area contributed by atoms with Crippen LogP contribution in [0.1, 0.15) is 5.56 Å². The Bertz CT molecular complexity index is 547. The molecular formula is C14H13ClN2S. The molecule has 18 heavy (non-hydrogen) atoms. The Balaban J connectivity index is 2.23. The highest BCUT2D eigenvalue weighted by molar-refractivity contribution is 7.98. The van der Waals surface area contributed by atoms with Gasteiger partial charge in [0.25, 0.3) is 0 Å². The normalized spacial score (nSPS) is 11.6. The lowest BCUT2D eigenvalue weighted by Crippen LogP contribution is -2.12. The molecule has 2 rings (SSSR count). The molecule has 0 aromatic heterocycles. The van der Waals surface area contributed by atoms with Gasteiger partial charge in [-0.1, -0.05) is 23.7 Å². The summed E-state index contributed by atoms with van der Waals surface area (Å²) in [6.45, 7) is 0. The maximum absolute atomic E-state index is 5.97. The van der Waals surface area contributed by atoms with Crippen LogP contribution in [0.15, 0.2) is 58.4 Å². The standard InChI is InChI=1S/C14H13ClN2S/c1-18-13-8-2-10(3-9-13)14(16)17-12-6-4-11(15)5-7-12/h2-9H,1H3,(H2,16,17). The maximum Gasteiger partial charge on any atom is 0.131 e. The lowest BCUT2D eigenvalue weighted by atomic mass is 10.2. The first-order chi connectivity index (χ1) is 8.69. The van der Waals surface area contributed by atoms with Gasteiger partial charge in [-0.2, -0.15) is 0 Å². The molecule has 0 amide bonds. The van der Waals surface area contributed by atoms with E-state index >= 15 is 0 Å². The second-order valence-electron chi connectivity index (χ2n) is 3.70. The fraction of sp³-hybridized carbons (Fsp3) is 0.0714. The molecule has 0 aliphatic carbocycles. The summed E-state index contributed by atoms with van der Waals surface area (Å²) >= 11 is 7.52. The van der Waals surface area contributed by atoms with E-state index in [0.717, 1.165) is 11.3 Å². The average molecular weight is 277 g/mol. The Hall–Kier alpha value is -1.45.